The quantitative estimate of drug-likeness (QED) is 0.463. The molecule has 33 heavy (non-hydrogen) atoms. The number of rotatable bonds is 11. The molecule has 0 saturated heterocycles. The number of hydrogen-bond donors (Lipinski definition) is 2. The van der Waals surface area contributed by atoms with E-state index in [9.17, 15) is 14.4 Å². The second kappa shape index (κ2) is 12.5. The molecule has 2 amide bonds. The second-order valence-corrected chi connectivity index (χ2v) is 7.19. The number of carbonyl (C=O) groups is 3. The van der Waals surface area contributed by atoms with Gasteiger partial charge in [0.2, 0.25) is 5.91 Å². The van der Waals surface area contributed by atoms with Crippen LogP contribution in [0.25, 0.3) is 0 Å². The lowest BCUT2D eigenvalue weighted by atomic mass is 10.2. The van der Waals surface area contributed by atoms with Gasteiger partial charge in [-0.15, -0.1) is 0 Å². The third-order valence-electron chi connectivity index (χ3n) is 4.12. The molecule has 178 valence electrons. The Morgan fingerprint density at radius 2 is 1.76 bits per heavy atom. The Morgan fingerprint density at radius 1 is 1.00 bits per heavy atom. The molecule has 0 atom stereocenters. The Hall–Kier alpha value is -3.46. The number of ether oxygens (including phenoxy) is 4. The minimum atomic E-state index is -0.756. The van der Waals surface area contributed by atoms with E-state index in [0.717, 1.165) is 6.42 Å². The van der Waals surface area contributed by atoms with E-state index >= 15 is 0 Å². The maximum Gasteiger partial charge on any atom is 0.338 e. The minimum Gasteiger partial charge on any atom is -0.495 e. The van der Waals surface area contributed by atoms with E-state index in [1.54, 1.807) is 19.1 Å². The zero-order valence-electron chi connectivity index (χ0n) is 19.0. The molecule has 9 nitrogen and oxygen atoms in total. The number of amides is 2. The highest BCUT2D eigenvalue weighted by atomic mass is 35.5. The highest BCUT2D eigenvalue weighted by molar-refractivity contribution is 6.32. The Kier molecular flexibility index (Phi) is 9.81. The van der Waals surface area contributed by atoms with Crippen LogP contribution >= 0.6 is 11.6 Å². The van der Waals surface area contributed by atoms with E-state index in [1.165, 1.54) is 32.2 Å². The van der Waals surface area contributed by atoms with Gasteiger partial charge in [-0.25, -0.2) is 4.79 Å². The van der Waals surface area contributed by atoms with Crippen LogP contribution in [0.5, 0.6) is 17.2 Å². The fraction of sp³-hybridized carbons (Fsp3) is 0.348. The van der Waals surface area contributed by atoms with Crippen molar-refractivity contribution in [1.82, 2.24) is 0 Å². The van der Waals surface area contributed by atoms with Crippen LogP contribution in [-0.4, -0.2) is 44.7 Å². The number of anilines is 2. The molecule has 0 aliphatic rings. The molecule has 0 bridgehead atoms. The van der Waals surface area contributed by atoms with Crippen LogP contribution in [0.15, 0.2) is 30.3 Å². The lowest BCUT2D eigenvalue weighted by molar-refractivity contribution is -0.119. The average Bonchev–Trinajstić information content (AvgIpc) is 2.76. The van der Waals surface area contributed by atoms with Gasteiger partial charge in [-0.2, -0.15) is 0 Å². The van der Waals surface area contributed by atoms with E-state index in [2.05, 4.69) is 10.6 Å². The Labute approximate surface area is 197 Å². The molecule has 0 heterocycles. The van der Waals surface area contributed by atoms with Gasteiger partial charge >= 0.3 is 5.97 Å². The van der Waals surface area contributed by atoms with Gasteiger partial charge in [0.1, 0.15) is 5.75 Å². The molecule has 0 aliphatic carbocycles. The first-order valence-electron chi connectivity index (χ1n) is 10.3. The van der Waals surface area contributed by atoms with Crippen LogP contribution in [0, 0.1) is 0 Å². The molecule has 0 radical (unpaired) electrons. The van der Waals surface area contributed by atoms with Crippen molar-refractivity contribution in [3.8, 4) is 17.2 Å². The summed E-state index contributed by atoms with van der Waals surface area (Å²) in [5.74, 6) is -0.577. The summed E-state index contributed by atoms with van der Waals surface area (Å²) in [5, 5.41) is 5.41. The van der Waals surface area contributed by atoms with Crippen molar-refractivity contribution in [2.75, 3.05) is 37.6 Å². The van der Waals surface area contributed by atoms with E-state index in [1.807, 2.05) is 6.92 Å². The van der Waals surface area contributed by atoms with Crippen molar-refractivity contribution in [3.05, 3.63) is 40.9 Å². The highest BCUT2D eigenvalue weighted by Gasteiger charge is 2.18. The largest absolute Gasteiger partial charge is 0.495 e. The number of hydrogen-bond acceptors (Lipinski definition) is 7. The van der Waals surface area contributed by atoms with Crippen LogP contribution in [0.1, 0.15) is 37.6 Å². The summed E-state index contributed by atoms with van der Waals surface area (Å²) in [6.45, 7) is 5.35. The zero-order valence-corrected chi connectivity index (χ0v) is 19.7. The maximum atomic E-state index is 12.5. The van der Waals surface area contributed by atoms with E-state index in [0.29, 0.717) is 41.8 Å². The summed E-state index contributed by atoms with van der Waals surface area (Å²) in [4.78, 5) is 36.1. The van der Waals surface area contributed by atoms with Crippen molar-refractivity contribution in [2.24, 2.45) is 0 Å². The predicted octanol–water partition coefficient (Wildman–Crippen LogP) is 4.29. The smallest absolute Gasteiger partial charge is 0.338 e. The summed E-state index contributed by atoms with van der Waals surface area (Å²) in [6.07, 6.45) is 0.777. The lowest BCUT2D eigenvalue weighted by Crippen LogP contribution is -2.21. The third kappa shape index (κ3) is 7.57. The van der Waals surface area contributed by atoms with Gasteiger partial charge in [0.15, 0.2) is 18.1 Å². The van der Waals surface area contributed by atoms with Crippen LogP contribution < -0.4 is 24.8 Å². The molecule has 2 N–H and O–H groups in total. The first-order chi connectivity index (χ1) is 15.8. The van der Waals surface area contributed by atoms with Gasteiger partial charge < -0.3 is 29.6 Å². The number of esters is 1. The van der Waals surface area contributed by atoms with Gasteiger partial charge in [0.25, 0.3) is 5.91 Å². The fourth-order valence-corrected chi connectivity index (χ4v) is 3.05. The highest BCUT2D eigenvalue weighted by Crippen LogP contribution is 2.37. The second-order valence-electron chi connectivity index (χ2n) is 6.79. The minimum absolute atomic E-state index is 0.116. The van der Waals surface area contributed by atoms with Crippen molar-refractivity contribution < 1.29 is 33.3 Å². The number of nitrogens with one attached hydrogen (secondary N) is 2. The standard InChI is InChI=1S/C23H27ClN2O7/c1-5-9-32-22-17(24)10-15(11-20(22)31-6-2)23(29)33-13-21(28)26-18-12-16(25-14(3)27)7-8-19(18)30-4/h7-8,10-12H,5-6,9,13H2,1-4H3,(H,25,27)(H,26,28). The van der Waals surface area contributed by atoms with Gasteiger partial charge in [-0.05, 0) is 43.7 Å². The van der Waals surface area contributed by atoms with Gasteiger partial charge in [-0.3, -0.25) is 9.59 Å². The molecule has 2 rings (SSSR count). The van der Waals surface area contributed by atoms with Gasteiger partial charge in [0, 0.05) is 12.6 Å². The van der Waals surface area contributed by atoms with Crippen molar-refractivity contribution >= 4 is 40.8 Å². The van der Waals surface area contributed by atoms with Crippen LogP contribution in [0.3, 0.4) is 0 Å². The molecule has 0 aromatic heterocycles. The summed E-state index contributed by atoms with van der Waals surface area (Å²) in [7, 11) is 1.44. The monoisotopic (exact) mass is 478 g/mol. The Morgan fingerprint density at radius 3 is 2.39 bits per heavy atom. The third-order valence-corrected chi connectivity index (χ3v) is 4.40. The maximum absolute atomic E-state index is 12.5. The van der Waals surface area contributed by atoms with Crippen LogP contribution in [0.4, 0.5) is 11.4 Å². The number of halogens is 1. The van der Waals surface area contributed by atoms with Crippen molar-refractivity contribution in [3.63, 3.8) is 0 Å². The van der Waals surface area contributed by atoms with Gasteiger partial charge in [0.05, 0.1) is 36.6 Å². The van der Waals surface area contributed by atoms with E-state index in [4.69, 9.17) is 30.5 Å². The number of methoxy groups -OCH3 is 1. The topological polar surface area (TPSA) is 112 Å². The van der Waals surface area contributed by atoms with Crippen molar-refractivity contribution in [1.29, 1.82) is 0 Å². The van der Waals surface area contributed by atoms with Crippen LogP contribution in [-0.2, 0) is 14.3 Å². The summed E-state index contributed by atoms with van der Waals surface area (Å²) >= 11 is 6.27. The SMILES string of the molecule is CCCOc1c(Cl)cc(C(=O)OCC(=O)Nc2cc(NC(C)=O)ccc2OC)cc1OCC. The normalized spacial score (nSPS) is 10.2. The Bertz CT molecular complexity index is 1010. The van der Waals surface area contributed by atoms with E-state index in [-0.39, 0.29) is 16.5 Å². The molecule has 0 fully saturated rings. The van der Waals surface area contributed by atoms with Crippen LogP contribution in [0.2, 0.25) is 5.02 Å². The summed E-state index contributed by atoms with van der Waals surface area (Å²) in [5.41, 5.74) is 0.897. The van der Waals surface area contributed by atoms with Gasteiger partial charge in [-0.1, -0.05) is 18.5 Å². The first-order valence-corrected chi connectivity index (χ1v) is 10.7. The summed E-state index contributed by atoms with van der Waals surface area (Å²) in [6, 6.07) is 7.61. The number of benzene rings is 2. The molecular formula is C23H27ClN2O7. The first kappa shape index (κ1) is 25.8. The molecule has 10 heteroatoms. The predicted molar refractivity (Wildman–Crippen MR) is 125 cm³/mol. The summed E-state index contributed by atoms with van der Waals surface area (Å²) < 4.78 is 21.5. The molecule has 2 aromatic rings. The van der Waals surface area contributed by atoms with E-state index < -0.39 is 18.5 Å². The molecule has 0 aliphatic heterocycles. The fourth-order valence-electron chi connectivity index (χ4n) is 2.78. The Balaban J connectivity index is 2.08. The molecule has 0 unspecified atom stereocenters. The lowest BCUT2D eigenvalue weighted by Gasteiger charge is -2.15. The molecule has 2 aromatic carbocycles. The average molecular weight is 479 g/mol. The molecule has 0 spiro atoms. The zero-order chi connectivity index (χ0) is 24.4. The van der Waals surface area contributed by atoms with Crippen molar-refractivity contribution in [2.45, 2.75) is 27.2 Å². The molecule has 0 saturated carbocycles. The molecular weight excluding hydrogens is 452 g/mol. The number of carbonyl (C=O) groups excluding carboxylic acids is 3.